The molecule has 0 amide bonds. The number of hydrogen-bond donors (Lipinski definition) is 2. The van der Waals surface area contributed by atoms with E-state index in [1.54, 1.807) is 18.2 Å². The monoisotopic (exact) mass is 268 g/mol. The molecule has 7 heteroatoms. The smallest absolute Gasteiger partial charge is 0.388 e. The van der Waals surface area contributed by atoms with Gasteiger partial charge >= 0.3 is 6.80 Å². The third-order valence-corrected chi connectivity index (χ3v) is 3.97. The topological polar surface area (TPSA) is 66.8 Å². The lowest BCUT2D eigenvalue weighted by atomic mass is 10.2. The molecule has 84 valence electrons. The second-order valence-corrected chi connectivity index (χ2v) is 6.55. The molecule has 0 heterocycles. The standard InChI is InChI=1S/C8H10ClO4PS/c1-13-7-3-2-6(5-9)4-8(7)15-14(10,11)12/h2-4H,5H2,1H3,(H2,10,11,12). The Balaban J connectivity index is 3.06. The minimum Gasteiger partial charge on any atom is -0.496 e. The van der Waals surface area contributed by atoms with Gasteiger partial charge in [-0.05, 0) is 29.1 Å². The molecular weight excluding hydrogens is 259 g/mol. The van der Waals surface area contributed by atoms with Crippen molar-refractivity contribution in [1.29, 1.82) is 0 Å². The molecule has 0 bridgehead atoms. The lowest BCUT2D eigenvalue weighted by molar-refractivity contribution is 0.394. The molecule has 0 unspecified atom stereocenters. The maximum Gasteiger partial charge on any atom is 0.388 e. The molecule has 15 heavy (non-hydrogen) atoms. The van der Waals surface area contributed by atoms with Crippen molar-refractivity contribution >= 4 is 29.8 Å². The summed E-state index contributed by atoms with van der Waals surface area (Å²) in [4.78, 5) is 18.1. The SMILES string of the molecule is COc1ccc(CCl)cc1SP(=O)(O)O. The van der Waals surface area contributed by atoms with Crippen molar-refractivity contribution in [3.05, 3.63) is 23.8 Å². The number of alkyl halides is 1. The van der Waals surface area contributed by atoms with E-state index in [0.29, 0.717) is 27.9 Å². The summed E-state index contributed by atoms with van der Waals surface area (Å²) in [7, 11) is 1.44. The van der Waals surface area contributed by atoms with Gasteiger partial charge in [-0.3, -0.25) is 0 Å². The van der Waals surface area contributed by atoms with Gasteiger partial charge in [-0.25, -0.2) is 4.57 Å². The van der Waals surface area contributed by atoms with Gasteiger partial charge in [-0.1, -0.05) is 6.07 Å². The fourth-order valence-corrected chi connectivity index (χ4v) is 3.07. The zero-order chi connectivity index (χ0) is 11.5. The second-order valence-electron chi connectivity index (χ2n) is 2.70. The maximum atomic E-state index is 10.8. The van der Waals surface area contributed by atoms with E-state index in [4.69, 9.17) is 26.1 Å². The molecule has 0 saturated carbocycles. The van der Waals surface area contributed by atoms with Crippen LogP contribution in [-0.2, 0) is 10.4 Å². The summed E-state index contributed by atoms with van der Waals surface area (Å²) in [6, 6.07) is 4.99. The quantitative estimate of drug-likeness (QED) is 0.649. The fraction of sp³-hybridized carbons (Fsp3) is 0.250. The first-order valence-corrected chi connectivity index (χ1v) is 7.51. The van der Waals surface area contributed by atoms with Crippen LogP contribution in [0.25, 0.3) is 0 Å². The Hall–Kier alpha value is -0.190. The van der Waals surface area contributed by atoms with Gasteiger partial charge in [0.15, 0.2) is 0 Å². The highest BCUT2D eigenvalue weighted by Crippen LogP contribution is 2.56. The van der Waals surface area contributed by atoms with Crippen molar-refractivity contribution in [3.63, 3.8) is 0 Å². The Bertz CT molecular complexity index is 392. The third-order valence-electron chi connectivity index (χ3n) is 1.60. The van der Waals surface area contributed by atoms with Crippen LogP contribution in [0.15, 0.2) is 23.1 Å². The average molecular weight is 269 g/mol. The zero-order valence-corrected chi connectivity index (χ0v) is 10.4. The van der Waals surface area contributed by atoms with Crippen LogP contribution in [0.3, 0.4) is 0 Å². The molecule has 4 nitrogen and oxygen atoms in total. The number of benzene rings is 1. The van der Waals surface area contributed by atoms with Crippen LogP contribution < -0.4 is 4.74 Å². The third kappa shape index (κ3) is 4.05. The van der Waals surface area contributed by atoms with Gasteiger partial charge in [0, 0.05) is 5.88 Å². The van der Waals surface area contributed by atoms with E-state index in [-0.39, 0.29) is 0 Å². The van der Waals surface area contributed by atoms with E-state index in [1.165, 1.54) is 7.11 Å². The van der Waals surface area contributed by atoms with Crippen LogP contribution in [0.4, 0.5) is 0 Å². The van der Waals surface area contributed by atoms with Crippen molar-refractivity contribution in [2.45, 2.75) is 10.8 Å². The van der Waals surface area contributed by atoms with E-state index in [0.717, 1.165) is 5.56 Å². The first kappa shape index (κ1) is 12.9. The molecular formula is C8H10ClO4PS. The van der Waals surface area contributed by atoms with Crippen LogP contribution in [0.1, 0.15) is 5.56 Å². The van der Waals surface area contributed by atoms with Crippen LogP contribution in [-0.4, -0.2) is 16.9 Å². The van der Waals surface area contributed by atoms with Crippen molar-refractivity contribution in [2.24, 2.45) is 0 Å². The maximum absolute atomic E-state index is 10.8. The van der Waals surface area contributed by atoms with Gasteiger partial charge in [-0.15, -0.1) is 11.6 Å². The molecule has 1 rings (SSSR count). The fourth-order valence-electron chi connectivity index (χ4n) is 1.00. The molecule has 0 aromatic heterocycles. The largest absolute Gasteiger partial charge is 0.496 e. The van der Waals surface area contributed by atoms with Gasteiger partial charge in [0.25, 0.3) is 0 Å². The summed E-state index contributed by atoms with van der Waals surface area (Å²) >= 11 is 6.09. The van der Waals surface area contributed by atoms with Crippen molar-refractivity contribution in [3.8, 4) is 5.75 Å². The van der Waals surface area contributed by atoms with Gasteiger partial charge in [0.2, 0.25) is 0 Å². The Morgan fingerprint density at radius 2 is 2.20 bits per heavy atom. The molecule has 2 N–H and O–H groups in total. The number of methoxy groups -OCH3 is 1. The first-order chi connectivity index (χ1) is 6.96. The van der Waals surface area contributed by atoms with Crippen molar-refractivity contribution in [2.75, 3.05) is 7.11 Å². The lowest BCUT2D eigenvalue weighted by Gasteiger charge is -2.09. The van der Waals surface area contributed by atoms with Gasteiger partial charge in [0.1, 0.15) is 5.75 Å². The highest BCUT2D eigenvalue weighted by molar-refractivity contribution is 8.54. The minimum absolute atomic E-state index is 0.290. The van der Waals surface area contributed by atoms with Crippen LogP contribution in [0.2, 0.25) is 0 Å². The molecule has 1 aromatic carbocycles. The van der Waals surface area contributed by atoms with E-state index in [9.17, 15) is 4.57 Å². The molecule has 0 saturated heterocycles. The normalized spacial score (nSPS) is 11.5. The van der Waals surface area contributed by atoms with Crippen LogP contribution in [0.5, 0.6) is 5.75 Å². The minimum atomic E-state index is -4.16. The highest BCUT2D eigenvalue weighted by Gasteiger charge is 2.18. The lowest BCUT2D eigenvalue weighted by Crippen LogP contribution is -1.88. The Morgan fingerprint density at radius 3 is 2.67 bits per heavy atom. The molecule has 0 radical (unpaired) electrons. The second kappa shape index (κ2) is 5.23. The number of ether oxygens (including phenoxy) is 1. The Labute approximate surface area is 96.5 Å². The molecule has 0 atom stereocenters. The summed E-state index contributed by atoms with van der Waals surface area (Å²) in [5.41, 5.74) is 0.786. The first-order valence-electron chi connectivity index (χ1n) is 3.94. The molecule has 0 aliphatic rings. The summed E-state index contributed by atoms with van der Waals surface area (Å²) < 4.78 is 15.8. The molecule has 0 aliphatic carbocycles. The molecule has 1 aromatic rings. The van der Waals surface area contributed by atoms with Gasteiger partial charge in [-0.2, -0.15) is 0 Å². The zero-order valence-electron chi connectivity index (χ0n) is 7.88. The van der Waals surface area contributed by atoms with Crippen LogP contribution >= 0.6 is 29.8 Å². The van der Waals surface area contributed by atoms with Crippen molar-refractivity contribution in [1.82, 2.24) is 0 Å². The highest BCUT2D eigenvalue weighted by atomic mass is 35.5. The van der Waals surface area contributed by atoms with E-state index in [1.807, 2.05) is 0 Å². The Kier molecular flexibility index (Phi) is 4.49. The van der Waals surface area contributed by atoms with Crippen LogP contribution in [0, 0.1) is 0 Å². The molecule has 0 spiro atoms. The van der Waals surface area contributed by atoms with E-state index in [2.05, 4.69) is 0 Å². The Morgan fingerprint density at radius 1 is 1.53 bits per heavy atom. The molecule has 0 aliphatic heterocycles. The van der Waals surface area contributed by atoms with E-state index >= 15 is 0 Å². The number of halogens is 1. The predicted octanol–water partition coefficient (Wildman–Crippen LogP) is 2.62. The van der Waals surface area contributed by atoms with Gasteiger partial charge in [0.05, 0.1) is 12.0 Å². The summed E-state index contributed by atoms with van der Waals surface area (Å²) in [6.45, 7) is -4.16. The average Bonchev–Trinajstić information content (AvgIpc) is 2.15. The summed E-state index contributed by atoms with van der Waals surface area (Å²) in [6.07, 6.45) is 0. The number of rotatable bonds is 4. The van der Waals surface area contributed by atoms with Gasteiger partial charge < -0.3 is 14.5 Å². The van der Waals surface area contributed by atoms with Crippen molar-refractivity contribution < 1.29 is 19.1 Å². The summed E-state index contributed by atoms with van der Waals surface area (Å²) in [5, 5.41) is 0. The molecule has 0 fully saturated rings. The summed E-state index contributed by atoms with van der Waals surface area (Å²) in [5.74, 6) is 0.718. The van der Waals surface area contributed by atoms with E-state index < -0.39 is 6.80 Å². The number of hydrogen-bond acceptors (Lipinski definition) is 3. The predicted molar refractivity (Wildman–Crippen MR) is 60.5 cm³/mol.